The van der Waals surface area contributed by atoms with Gasteiger partial charge in [-0.15, -0.1) is 11.3 Å². The third-order valence-corrected chi connectivity index (χ3v) is 2.47. The Morgan fingerprint density at radius 1 is 1.67 bits per heavy atom. The van der Waals surface area contributed by atoms with Gasteiger partial charge in [-0.2, -0.15) is 12.6 Å². The van der Waals surface area contributed by atoms with Crippen molar-refractivity contribution in [1.29, 1.82) is 0 Å². The summed E-state index contributed by atoms with van der Waals surface area (Å²) in [7, 11) is 0. The van der Waals surface area contributed by atoms with Gasteiger partial charge in [0.05, 0.1) is 0 Å². The highest BCUT2D eigenvalue weighted by Crippen LogP contribution is 2.17. The third-order valence-electron chi connectivity index (χ3n) is 1.23. The van der Waals surface area contributed by atoms with Crippen molar-refractivity contribution in [2.24, 2.45) is 0 Å². The van der Waals surface area contributed by atoms with Crippen LogP contribution in [0, 0.1) is 0 Å². The smallest absolute Gasteiger partial charge is 0.345 e. The van der Waals surface area contributed by atoms with Gasteiger partial charge in [0.1, 0.15) is 4.88 Å². The molecule has 0 fully saturated rings. The molecule has 0 aliphatic carbocycles. The first kappa shape index (κ1) is 9.35. The first-order valence-corrected chi connectivity index (χ1v) is 4.79. The minimum Gasteiger partial charge on any atom is -0.477 e. The van der Waals surface area contributed by atoms with E-state index in [2.05, 4.69) is 12.6 Å². The average Bonchev–Trinajstić information content (AvgIpc) is 2.48. The number of hydrogen-bond donors (Lipinski definition) is 2. The molecule has 12 heavy (non-hydrogen) atoms. The zero-order valence-electron chi connectivity index (χ0n) is 6.23. The molecule has 0 saturated heterocycles. The number of carboxylic acids is 1. The van der Waals surface area contributed by atoms with Gasteiger partial charge in [0.2, 0.25) is 0 Å². The average molecular weight is 200 g/mol. The summed E-state index contributed by atoms with van der Waals surface area (Å²) in [5, 5.41) is 8.59. The molecule has 1 N–H and O–H groups in total. The van der Waals surface area contributed by atoms with Crippen molar-refractivity contribution in [3.63, 3.8) is 0 Å². The topological polar surface area (TPSA) is 37.3 Å². The standard InChI is InChI=1S/C8H8O2S2/c9-8(10)7-4-3-6(12-7)2-1-5-11/h1-4,11H,5H2,(H,9,10). The Morgan fingerprint density at radius 2 is 2.42 bits per heavy atom. The highest BCUT2D eigenvalue weighted by atomic mass is 32.1. The van der Waals surface area contributed by atoms with Gasteiger partial charge in [0.15, 0.2) is 0 Å². The molecule has 1 rings (SSSR count). The van der Waals surface area contributed by atoms with E-state index in [4.69, 9.17) is 5.11 Å². The van der Waals surface area contributed by atoms with Gasteiger partial charge in [0, 0.05) is 10.6 Å². The van der Waals surface area contributed by atoms with Crippen LogP contribution in [0.3, 0.4) is 0 Å². The zero-order valence-corrected chi connectivity index (χ0v) is 7.94. The lowest BCUT2D eigenvalue weighted by Gasteiger charge is -1.82. The molecule has 0 aliphatic heterocycles. The Labute approximate surface area is 80.0 Å². The van der Waals surface area contributed by atoms with E-state index in [1.54, 1.807) is 12.1 Å². The van der Waals surface area contributed by atoms with E-state index >= 15 is 0 Å². The fourth-order valence-electron chi connectivity index (χ4n) is 0.726. The number of rotatable bonds is 3. The summed E-state index contributed by atoms with van der Waals surface area (Å²) in [6.07, 6.45) is 3.74. The number of hydrogen-bond acceptors (Lipinski definition) is 3. The fourth-order valence-corrected chi connectivity index (χ4v) is 1.61. The van der Waals surface area contributed by atoms with Gasteiger partial charge < -0.3 is 5.11 Å². The maximum atomic E-state index is 10.5. The molecule has 64 valence electrons. The Balaban J connectivity index is 2.77. The molecule has 2 nitrogen and oxygen atoms in total. The molecule has 0 spiro atoms. The molecule has 0 amide bonds. The van der Waals surface area contributed by atoms with Crippen LogP contribution in [0.5, 0.6) is 0 Å². The third kappa shape index (κ3) is 2.39. The van der Waals surface area contributed by atoms with Gasteiger partial charge in [0.25, 0.3) is 0 Å². The van der Waals surface area contributed by atoms with E-state index in [1.807, 2.05) is 12.2 Å². The second-order valence-corrected chi connectivity index (χ2v) is 3.57. The highest BCUT2D eigenvalue weighted by molar-refractivity contribution is 7.80. The predicted octanol–water partition coefficient (Wildman–Crippen LogP) is 2.39. The lowest BCUT2D eigenvalue weighted by Crippen LogP contribution is -1.89. The van der Waals surface area contributed by atoms with Crippen LogP contribution in [0.2, 0.25) is 0 Å². The zero-order chi connectivity index (χ0) is 8.97. The number of thiophene rings is 1. The molecule has 0 bridgehead atoms. The number of carboxylic acid groups (broad SMARTS) is 1. The normalized spacial score (nSPS) is 10.8. The molecule has 1 heterocycles. The Morgan fingerprint density at radius 3 is 2.92 bits per heavy atom. The summed E-state index contributed by atoms with van der Waals surface area (Å²) in [5.41, 5.74) is 0. The molecule has 0 unspecified atom stereocenters. The molecule has 0 aliphatic rings. The number of carbonyl (C=O) groups is 1. The summed E-state index contributed by atoms with van der Waals surface area (Å²) < 4.78 is 0. The van der Waals surface area contributed by atoms with E-state index in [-0.39, 0.29) is 0 Å². The van der Waals surface area contributed by atoms with Crippen molar-refractivity contribution in [3.05, 3.63) is 28.0 Å². The van der Waals surface area contributed by atoms with E-state index < -0.39 is 5.97 Å². The van der Waals surface area contributed by atoms with Crippen LogP contribution < -0.4 is 0 Å². The van der Waals surface area contributed by atoms with Gasteiger partial charge >= 0.3 is 5.97 Å². The van der Waals surface area contributed by atoms with Crippen LogP contribution in [0.15, 0.2) is 18.2 Å². The first-order chi connectivity index (χ1) is 5.74. The van der Waals surface area contributed by atoms with Crippen molar-refractivity contribution >= 4 is 36.0 Å². The fraction of sp³-hybridized carbons (Fsp3) is 0.125. The summed E-state index contributed by atoms with van der Waals surface area (Å²) in [6, 6.07) is 3.39. The molecule has 0 atom stereocenters. The van der Waals surface area contributed by atoms with Crippen molar-refractivity contribution < 1.29 is 9.90 Å². The minimum absolute atomic E-state index is 0.369. The molecule has 4 heteroatoms. The lowest BCUT2D eigenvalue weighted by molar-refractivity contribution is 0.0702. The van der Waals surface area contributed by atoms with E-state index in [1.165, 1.54) is 11.3 Å². The van der Waals surface area contributed by atoms with E-state index in [0.717, 1.165) is 4.88 Å². The van der Waals surface area contributed by atoms with Crippen molar-refractivity contribution in [2.75, 3.05) is 5.75 Å². The summed E-state index contributed by atoms with van der Waals surface area (Å²) in [6.45, 7) is 0. The van der Waals surface area contributed by atoms with Crippen LogP contribution in [0.1, 0.15) is 14.5 Å². The number of aromatic carboxylic acids is 1. The number of thiol groups is 1. The summed E-state index contributed by atoms with van der Waals surface area (Å²) in [5.74, 6) is -0.203. The quantitative estimate of drug-likeness (QED) is 0.735. The maximum absolute atomic E-state index is 10.5. The molecule has 1 aromatic rings. The summed E-state index contributed by atoms with van der Waals surface area (Å²) in [4.78, 5) is 11.8. The molecular weight excluding hydrogens is 192 g/mol. The monoisotopic (exact) mass is 200 g/mol. The SMILES string of the molecule is O=C(O)c1ccc(C=CCS)s1. The Kier molecular flexibility index (Phi) is 3.37. The molecule has 1 aromatic heterocycles. The van der Waals surface area contributed by atoms with Gasteiger partial charge in [-0.3, -0.25) is 0 Å². The Hall–Kier alpha value is -0.740. The molecule has 0 aromatic carbocycles. The van der Waals surface area contributed by atoms with Crippen molar-refractivity contribution in [3.8, 4) is 0 Å². The highest BCUT2D eigenvalue weighted by Gasteiger charge is 2.03. The predicted molar refractivity (Wildman–Crippen MR) is 54.2 cm³/mol. The van der Waals surface area contributed by atoms with Crippen LogP contribution in [-0.2, 0) is 0 Å². The molecular formula is C8H8O2S2. The van der Waals surface area contributed by atoms with Gasteiger partial charge in [-0.05, 0) is 18.2 Å². The minimum atomic E-state index is -0.870. The van der Waals surface area contributed by atoms with Crippen LogP contribution >= 0.6 is 24.0 Å². The lowest BCUT2D eigenvalue weighted by atomic mass is 10.4. The van der Waals surface area contributed by atoms with E-state index in [0.29, 0.717) is 10.6 Å². The van der Waals surface area contributed by atoms with Crippen molar-refractivity contribution in [2.45, 2.75) is 0 Å². The molecule has 0 radical (unpaired) electrons. The Bertz CT molecular complexity index is 302. The largest absolute Gasteiger partial charge is 0.477 e. The van der Waals surface area contributed by atoms with Crippen LogP contribution in [0.25, 0.3) is 6.08 Å². The second-order valence-electron chi connectivity index (χ2n) is 2.09. The van der Waals surface area contributed by atoms with Crippen LogP contribution in [-0.4, -0.2) is 16.8 Å². The van der Waals surface area contributed by atoms with Crippen molar-refractivity contribution in [1.82, 2.24) is 0 Å². The van der Waals surface area contributed by atoms with E-state index in [9.17, 15) is 4.79 Å². The van der Waals surface area contributed by atoms with Gasteiger partial charge in [-0.25, -0.2) is 4.79 Å². The molecule has 0 saturated carbocycles. The van der Waals surface area contributed by atoms with Crippen LogP contribution in [0.4, 0.5) is 0 Å². The van der Waals surface area contributed by atoms with Gasteiger partial charge in [-0.1, -0.05) is 6.08 Å². The maximum Gasteiger partial charge on any atom is 0.345 e. The summed E-state index contributed by atoms with van der Waals surface area (Å²) >= 11 is 5.26. The second kappa shape index (κ2) is 4.33. The first-order valence-electron chi connectivity index (χ1n) is 3.34.